The van der Waals surface area contributed by atoms with Crippen LogP contribution in [0.3, 0.4) is 0 Å². The van der Waals surface area contributed by atoms with Crippen molar-refractivity contribution >= 4 is 23.2 Å². The summed E-state index contributed by atoms with van der Waals surface area (Å²) in [5.74, 6) is -0.345. The maximum atomic E-state index is 12.7. The molecule has 1 N–H and O–H groups in total. The molecule has 1 aromatic rings. The van der Waals surface area contributed by atoms with Gasteiger partial charge in [0.05, 0.1) is 4.92 Å². The summed E-state index contributed by atoms with van der Waals surface area (Å²) in [6.45, 7) is 7.14. The summed E-state index contributed by atoms with van der Waals surface area (Å²) in [5, 5.41) is 13.9. The molecule has 0 aliphatic carbocycles. The molecular formula is C17H24N4O4. The number of rotatable bonds is 5. The quantitative estimate of drug-likeness (QED) is 0.641. The number of carbonyl (C=O) groups is 2. The van der Waals surface area contributed by atoms with Crippen molar-refractivity contribution in [3.05, 3.63) is 34.4 Å². The first-order valence-electron chi connectivity index (χ1n) is 8.35. The molecule has 1 aromatic carbocycles. The molecule has 1 atom stereocenters. The molecule has 1 aliphatic heterocycles. The molecule has 136 valence electrons. The van der Waals surface area contributed by atoms with Gasteiger partial charge in [-0.3, -0.25) is 19.7 Å². The van der Waals surface area contributed by atoms with Crippen LogP contribution in [0.2, 0.25) is 0 Å². The SMILES string of the molecule is CC(=O)NC(C(=O)N1CCN(c2ccccc2[N+](=O)[O-])CC1)C(C)C. The van der Waals surface area contributed by atoms with Crippen LogP contribution >= 0.6 is 0 Å². The third kappa shape index (κ3) is 4.46. The summed E-state index contributed by atoms with van der Waals surface area (Å²) in [4.78, 5) is 38.4. The molecular weight excluding hydrogens is 324 g/mol. The van der Waals surface area contributed by atoms with Crippen molar-refractivity contribution in [2.24, 2.45) is 5.92 Å². The zero-order valence-corrected chi connectivity index (χ0v) is 14.8. The number of nitrogens with one attached hydrogen (secondary N) is 1. The maximum absolute atomic E-state index is 12.7. The Morgan fingerprint density at radius 1 is 1.16 bits per heavy atom. The van der Waals surface area contributed by atoms with Gasteiger partial charge in [-0.1, -0.05) is 26.0 Å². The lowest BCUT2D eigenvalue weighted by molar-refractivity contribution is -0.384. The van der Waals surface area contributed by atoms with Crippen molar-refractivity contribution in [1.82, 2.24) is 10.2 Å². The van der Waals surface area contributed by atoms with E-state index in [0.717, 1.165) is 0 Å². The van der Waals surface area contributed by atoms with Crippen molar-refractivity contribution in [3.63, 3.8) is 0 Å². The molecule has 25 heavy (non-hydrogen) atoms. The molecule has 8 heteroatoms. The van der Waals surface area contributed by atoms with Gasteiger partial charge in [-0.2, -0.15) is 0 Å². The van der Waals surface area contributed by atoms with E-state index < -0.39 is 11.0 Å². The van der Waals surface area contributed by atoms with Gasteiger partial charge in [-0.05, 0) is 12.0 Å². The average molecular weight is 348 g/mol. The van der Waals surface area contributed by atoms with E-state index in [-0.39, 0.29) is 23.4 Å². The monoisotopic (exact) mass is 348 g/mol. The third-order valence-corrected chi connectivity index (χ3v) is 4.30. The number of nitro groups is 1. The van der Waals surface area contributed by atoms with Crippen LogP contribution in [0.25, 0.3) is 0 Å². The molecule has 0 bridgehead atoms. The summed E-state index contributed by atoms with van der Waals surface area (Å²) < 4.78 is 0. The number of piperazine rings is 1. The fourth-order valence-corrected chi connectivity index (χ4v) is 2.98. The molecule has 0 spiro atoms. The molecule has 0 saturated carbocycles. The Bertz CT molecular complexity index is 654. The van der Waals surface area contributed by atoms with Crippen LogP contribution in [0, 0.1) is 16.0 Å². The molecule has 0 aromatic heterocycles. The van der Waals surface area contributed by atoms with E-state index in [0.29, 0.717) is 31.9 Å². The summed E-state index contributed by atoms with van der Waals surface area (Å²) >= 11 is 0. The Kier molecular flexibility index (Phi) is 5.95. The minimum Gasteiger partial charge on any atom is -0.362 e. The standard InChI is InChI=1S/C17H24N4O4/c1-12(2)16(18-13(3)22)17(23)20-10-8-19(9-11-20)14-6-4-5-7-15(14)21(24)25/h4-7,12,16H,8-11H2,1-3H3,(H,18,22). The topological polar surface area (TPSA) is 95.8 Å². The first-order valence-corrected chi connectivity index (χ1v) is 8.35. The Morgan fingerprint density at radius 2 is 1.76 bits per heavy atom. The molecule has 0 radical (unpaired) electrons. The van der Waals surface area contributed by atoms with Crippen LogP contribution in [0.4, 0.5) is 11.4 Å². The molecule has 1 unspecified atom stereocenters. The van der Waals surface area contributed by atoms with Gasteiger partial charge in [0.25, 0.3) is 5.69 Å². The van der Waals surface area contributed by atoms with E-state index in [1.165, 1.54) is 13.0 Å². The Balaban J connectivity index is 2.05. The van der Waals surface area contributed by atoms with E-state index in [4.69, 9.17) is 0 Å². The highest BCUT2D eigenvalue weighted by Crippen LogP contribution is 2.28. The zero-order chi connectivity index (χ0) is 18.6. The summed E-state index contributed by atoms with van der Waals surface area (Å²) in [5.41, 5.74) is 0.641. The number of anilines is 1. The van der Waals surface area contributed by atoms with Gasteiger partial charge in [-0.25, -0.2) is 0 Å². The zero-order valence-electron chi connectivity index (χ0n) is 14.8. The van der Waals surface area contributed by atoms with E-state index in [1.54, 1.807) is 23.1 Å². The van der Waals surface area contributed by atoms with Gasteiger partial charge in [0.15, 0.2) is 0 Å². The Labute approximate surface area is 146 Å². The largest absolute Gasteiger partial charge is 0.362 e. The van der Waals surface area contributed by atoms with E-state index >= 15 is 0 Å². The molecule has 1 heterocycles. The molecule has 1 saturated heterocycles. The Morgan fingerprint density at radius 3 is 2.28 bits per heavy atom. The second-order valence-electron chi connectivity index (χ2n) is 6.48. The van der Waals surface area contributed by atoms with Gasteiger partial charge in [0, 0.05) is 39.2 Å². The van der Waals surface area contributed by atoms with E-state index in [1.807, 2.05) is 18.7 Å². The highest BCUT2D eigenvalue weighted by atomic mass is 16.6. The average Bonchev–Trinajstić information content (AvgIpc) is 2.59. The minimum atomic E-state index is -0.546. The fourth-order valence-electron chi connectivity index (χ4n) is 2.98. The smallest absolute Gasteiger partial charge is 0.292 e. The van der Waals surface area contributed by atoms with Gasteiger partial charge in [-0.15, -0.1) is 0 Å². The van der Waals surface area contributed by atoms with Gasteiger partial charge in [0.1, 0.15) is 11.7 Å². The molecule has 8 nitrogen and oxygen atoms in total. The maximum Gasteiger partial charge on any atom is 0.292 e. The van der Waals surface area contributed by atoms with E-state index in [9.17, 15) is 19.7 Å². The number of nitrogens with zero attached hydrogens (tertiary/aromatic N) is 3. The van der Waals surface area contributed by atoms with E-state index in [2.05, 4.69) is 5.32 Å². The van der Waals surface area contributed by atoms with Gasteiger partial charge in [0.2, 0.25) is 11.8 Å². The van der Waals surface area contributed by atoms with Crippen molar-refractivity contribution in [2.75, 3.05) is 31.1 Å². The predicted molar refractivity (Wildman–Crippen MR) is 94.3 cm³/mol. The van der Waals surface area contributed by atoms with Crippen molar-refractivity contribution in [3.8, 4) is 0 Å². The number of benzene rings is 1. The van der Waals surface area contributed by atoms with Crippen molar-refractivity contribution < 1.29 is 14.5 Å². The van der Waals surface area contributed by atoms with Gasteiger partial charge >= 0.3 is 0 Å². The first-order chi connectivity index (χ1) is 11.8. The second kappa shape index (κ2) is 7.96. The highest BCUT2D eigenvalue weighted by molar-refractivity contribution is 5.87. The van der Waals surface area contributed by atoms with Crippen molar-refractivity contribution in [1.29, 1.82) is 0 Å². The summed E-state index contributed by atoms with van der Waals surface area (Å²) in [7, 11) is 0. The fraction of sp³-hybridized carbons (Fsp3) is 0.529. The summed E-state index contributed by atoms with van der Waals surface area (Å²) in [6.07, 6.45) is 0. The predicted octanol–water partition coefficient (Wildman–Crippen LogP) is 1.40. The van der Waals surface area contributed by atoms with Gasteiger partial charge < -0.3 is 15.1 Å². The first kappa shape index (κ1) is 18.7. The lowest BCUT2D eigenvalue weighted by Crippen LogP contribution is -2.56. The molecule has 2 amide bonds. The van der Waals surface area contributed by atoms with Crippen LogP contribution in [0.1, 0.15) is 20.8 Å². The number of nitro benzene ring substituents is 1. The lowest BCUT2D eigenvalue weighted by atomic mass is 10.0. The van der Waals surface area contributed by atoms with Crippen LogP contribution < -0.4 is 10.2 Å². The number of para-hydroxylation sites is 2. The number of hydrogen-bond donors (Lipinski definition) is 1. The number of hydrogen-bond acceptors (Lipinski definition) is 5. The van der Waals surface area contributed by atoms with Crippen LogP contribution in [0.5, 0.6) is 0 Å². The second-order valence-corrected chi connectivity index (χ2v) is 6.48. The molecule has 1 fully saturated rings. The molecule has 1 aliphatic rings. The van der Waals surface area contributed by atoms with Crippen LogP contribution in [-0.4, -0.2) is 53.9 Å². The number of carbonyl (C=O) groups excluding carboxylic acids is 2. The number of amides is 2. The van der Waals surface area contributed by atoms with Crippen LogP contribution in [-0.2, 0) is 9.59 Å². The Hall–Kier alpha value is -2.64. The summed E-state index contributed by atoms with van der Waals surface area (Å²) in [6, 6.07) is 6.07. The lowest BCUT2D eigenvalue weighted by Gasteiger charge is -2.38. The minimum absolute atomic E-state index is 0.00959. The third-order valence-electron chi connectivity index (χ3n) is 4.30. The highest BCUT2D eigenvalue weighted by Gasteiger charge is 2.31. The normalized spacial score (nSPS) is 15.8. The molecule has 2 rings (SSSR count). The van der Waals surface area contributed by atoms with Crippen molar-refractivity contribution in [2.45, 2.75) is 26.8 Å². The van der Waals surface area contributed by atoms with Crippen LogP contribution in [0.15, 0.2) is 24.3 Å².